The normalized spacial score (nSPS) is 23.5. The molecule has 1 atom stereocenters. The van der Waals surface area contributed by atoms with Gasteiger partial charge in [0, 0.05) is 54.3 Å². The van der Waals surface area contributed by atoms with Crippen molar-refractivity contribution < 1.29 is 9.13 Å². The Bertz CT molecular complexity index is 1290. The summed E-state index contributed by atoms with van der Waals surface area (Å²) in [4.78, 5) is 8.95. The molecule has 3 aliphatic heterocycles. The van der Waals surface area contributed by atoms with Gasteiger partial charge in [-0.1, -0.05) is 11.6 Å². The van der Waals surface area contributed by atoms with E-state index in [2.05, 4.69) is 36.6 Å². The highest BCUT2D eigenvalue weighted by atomic mass is 35.5. The number of pyridine rings is 1. The Hall–Kier alpha value is -2.55. The molecule has 9 heteroatoms. The van der Waals surface area contributed by atoms with Gasteiger partial charge in [-0.05, 0) is 62.1 Å². The van der Waals surface area contributed by atoms with E-state index < -0.39 is 0 Å². The lowest BCUT2D eigenvalue weighted by atomic mass is 9.57. The number of hydrogen-bond acceptors (Lipinski definition) is 6. The summed E-state index contributed by atoms with van der Waals surface area (Å²) >= 11 is 6.41. The van der Waals surface area contributed by atoms with Gasteiger partial charge in [-0.15, -0.1) is 10.2 Å². The summed E-state index contributed by atoms with van der Waals surface area (Å²) in [5.74, 6) is 2.61. The smallest absolute Gasteiger partial charge is 0.165 e. The van der Waals surface area contributed by atoms with E-state index in [0.717, 1.165) is 86.7 Å². The lowest BCUT2D eigenvalue weighted by Crippen LogP contribution is -2.62. The zero-order valence-corrected chi connectivity index (χ0v) is 20.5. The third-order valence-corrected chi connectivity index (χ3v) is 8.46. The van der Waals surface area contributed by atoms with E-state index in [4.69, 9.17) is 21.4 Å². The number of aromatic nitrogens is 4. The maximum atomic E-state index is 14.3. The number of ether oxygens (including phenoxy) is 1. The molecule has 1 aromatic carbocycles. The highest BCUT2D eigenvalue weighted by Gasteiger charge is 2.55. The van der Waals surface area contributed by atoms with Crippen molar-refractivity contribution in [1.29, 1.82) is 0 Å². The topological polar surface area (TPSA) is 59.3 Å². The summed E-state index contributed by atoms with van der Waals surface area (Å²) in [5.41, 5.74) is 3.40. The number of anilines is 1. The van der Waals surface area contributed by atoms with Crippen LogP contribution in [-0.4, -0.2) is 57.0 Å². The Morgan fingerprint density at radius 3 is 2.77 bits per heavy atom. The zero-order chi connectivity index (χ0) is 23.7. The third kappa shape index (κ3) is 3.57. The molecule has 7 nitrogen and oxygen atoms in total. The lowest BCUT2D eigenvalue weighted by molar-refractivity contribution is 0.0575. The number of aryl methyl sites for hydroxylation is 1. The van der Waals surface area contributed by atoms with Crippen molar-refractivity contribution >= 4 is 17.4 Å². The average Bonchev–Trinajstić information content (AvgIpc) is 3.42. The van der Waals surface area contributed by atoms with E-state index >= 15 is 0 Å². The first kappa shape index (κ1) is 21.7. The van der Waals surface area contributed by atoms with E-state index in [1.165, 1.54) is 11.6 Å². The van der Waals surface area contributed by atoms with Crippen LogP contribution in [0.25, 0.3) is 5.69 Å². The van der Waals surface area contributed by atoms with Crippen molar-refractivity contribution in [3.05, 3.63) is 64.1 Å². The van der Waals surface area contributed by atoms with Gasteiger partial charge in [-0.2, -0.15) is 0 Å². The van der Waals surface area contributed by atoms with E-state index in [-0.39, 0.29) is 11.2 Å². The Morgan fingerprint density at radius 2 is 1.97 bits per heavy atom. The summed E-state index contributed by atoms with van der Waals surface area (Å²) in [7, 11) is 0. The van der Waals surface area contributed by atoms with Gasteiger partial charge in [0.1, 0.15) is 5.82 Å². The number of rotatable bonds is 3. The monoisotopic (exact) mass is 494 g/mol. The highest BCUT2D eigenvalue weighted by molar-refractivity contribution is 6.30. The fraction of sp³-hybridized carbons (Fsp3) is 0.500. The van der Waals surface area contributed by atoms with Crippen LogP contribution in [0.2, 0.25) is 5.02 Å². The fourth-order valence-corrected chi connectivity index (χ4v) is 6.67. The van der Waals surface area contributed by atoms with Crippen LogP contribution >= 0.6 is 11.6 Å². The van der Waals surface area contributed by atoms with E-state index in [9.17, 15) is 4.39 Å². The summed E-state index contributed by atoms with van der Waals surface area (Å²) in [6.07, 6.45) is 3.12. The third-order valence-electron chi connectivity index (χ3n) is 8.22. The molecular formula is C26H28ClFN6O. The van der Waals surface area contributed by atoms with Crippen molar-refractivity contribution in [3.8, 4) is 5.69 Å². The minimum Gasteiger partial charge on any atom is -0.380 e. The van der Waals surface area contributed by atoms with Gasteiger partial charge < -0.3 is 9.64 Å². The Balaban J connectivity index is 1.14. The van der Waals surface area contributed by atoms with E-state index in [1.807, 2.05) is 13.0 Å². The molecule has 3 aromatic rings. The minimum atomic E-state index is -0.239. The first-order valence-corrected chi connectivity index (χ1v) is 12.8. The summed E-state index contributed by atoms with van der Waals surface area (Å²) < 4.78 is 22.3. The van der Waals surface area contributed by atoms with Gasteiger partial charge in [-0.25, -0.2) is 9.37 Å². The van der Waals surface area contributed by atoms with Crippen molar-refractivity contribution in [3.63, 3.8) is 0 Å². The molecule has 3 fully saturated rings. The molecule has 1 spiro atoms. The van der Waals surface area contributed by atoms with Gasteiger partial charge in [0.15, 0.2) is 17.5 Å². The predicted octanol–water partition coefficient (Wildman–Crippen LogP) is 4.25. The molecule has 1 aliphatic carbocycles. The van der Waals surface area contributed by atoms with Gasteiger partial charge in [0.05, 0.1) is 18.8 Å². The van der Waals surface area contributed by atoms with Crippen LogP contribution < -0.4 is 4.90 Å². The Kier molecular flexibility index (Phi) is 4.95. The largest absolute Gasteiger partial charge is 0.380 e. The Morgan fingerprint density at radius 1 is 1.11 bits per heavy atom. The van der Waals surface area contributed by atoms with Crippen molar-refractivity contribution in [2.75, 3.05) is 31.2 Å². The second kappa shape index (κ2) is 7.98. The average molecular weight is 495 g/mol. The number of hydrogen-bond donors (Lipinski definition) is 0. The highest BCUT2D eigenvalue weighted by Crippen LogP contribution is 2.56. The minimum absolute atomic E-state index is 0.218. The van der Waals surface area contributed by atoms with Crippen LogP contribution in [0.15, 0.2) is 30.3 Å². The van der Waals surface area contributed by atoms with Crippen LogP contribution in [0.1, 0.15) is 48.1 Å². The molecule has 2 saturated heterocycles. The fourth-order valence-electron chi connectivity index (χ4n) is 6.47. The van der Waals surface area contributed by atoms with Gasteiger partial charge in [0.25, 0.3) is 0 Å². The summed E-state index contributed by atoms with van der Waals surface area (Å²) in [6, 6.07) is 9.76. The maximum absolute atomic E-state index is 14.3. The van der Waals surface area contributed by atoms with Crippen LogP contribution in [0, 0.1) is 18.2 Å². The molecule has 4 aliphatic rings. The molecule has 0 bridgehead atoms. The summed E-state index contributed by atoms with van der Waals surface area (Å²) in [5, 5.41) is 10.1. The molecule has 182 valence electrons. The molecule has 7 rings (SSSR count). The van der Waals surface area contributed by atoms with Crippen molar-refractivity contribution in [1.82, 2.24) is 24.6 Å². The van der Waals surface area contributed by atoms with Crippen molar-refractivity contribution in [2.45, 2.75) is 51.2 Å². The number of benzene rings is 1. The second-order valence-electron chi connectivity index (χ2n) is 10.7. The van der Waals surface area contributed by atoms with Crippen LogP contribution in [-0.2, 0) is 17.8 Å². The molecule has 1 saturated carbocycles. The van der Waals surface area contributed by atoms with Crippen LogP contribution in [0.3, 0.4) is 0 Å². The first-order chi connectivity index (χ1) is 17.0. The molecule has 5 heterocycles. The second-order valence-corrected chi connectivity index (χ2v) is 11.2. The molecule has 0 unspecified atom stereocenters. The SMILES string of the molecule is Cc1ccc(F)c(N2CC3(CC(c4nnc5n4-c4ccc(Cl)cc4CN([C@@H]4CCOC4)C5)C3)C2)n1. The zero-order valence-electron chi connectivity index (χ0n) is 19.8. The van der Waals surface area contributed by atoms with E-state index in [0.29, 0.717) is 17.8 Å². The van der Waals surface area contributed by atoms with Gasteiger partial charge >= 0.3 is 0 Å². The Labute approximate surface area is 208 Å². The van der Waals surface area contributed by atoms with Gasteiger partial charge in [0.2, 0.25) is 0 Å². The molecule has 2 aromatic heterocycles. The molecular weight excluding hydrogens is 467 g/mol. The number of fused-ring (bicyclic) bond motifs is 3. The number of nitrogens with zero attached hydrogens (tertiary/aromatic N) is 6. The quantitative estimate of drug-likeness (QED) is 0.542. The van der Waals surface area contributed by atoms with E-state index in [1.54, 1.807) is 6.07 Å². The predicted molar refractivity (Wildman–Crippen MR) is 130 cm³/mol. The van der Waals surface area contributed by atoms with Crippen LogP contribution in [0.5, 0.6) is 0 Å². The first-order valence-electron chi connectivity index (χ1n) is 12.4. The lowest BCUT2D eigenvalue weighted by Gasteiger charge is -2.59. The van der Waals surface area contributed by atoms with Crippen molar-refractivity contribution in [2.24, 2.45) is 5.41 Å². The maximum Gasteiger partial charge on any atom is 0.165 e. The molecule has 0 amide bonds. The van der Waals surface area contributed by atoms with Gasteiger partial charge in [-0.3, -0.25) is 9.47 Å². The molecule has 0 N–H and O–H groups in total. The van der Waals surface area contributed by atoms with Crippen LogP contribution in [0.4, 0.5) is 10.2 Å². The number of halogens is 2. The standard InChI is InChI=1S/C26H28ClFN6O/c1-16-2-4-21(28)25(29-16)33-14-26(15-33)9-18(10-26)24-31-30-23-12-32(20-6-7-35-13-20)11-17-8-19(27)3-5-22(17)34(23)24/h2-5,8,18,20H,6-7,9-15H2,1H3/t20-/m1/s1. The summed E-state index contributed by atoms with van der Waals surface area (Å²) in [6.45, 7) is 6.74. The molecule has 35 heavy (non-hydrogen) atoms. The molecule has 0 radical (unpaired) electrons.